The number of hydrogen-bond donors (Lipinski definition) is 1. The Morgan fingerprint density at radius 3 is 1.38 bits per heavy atom. The van der Waals surface area contributed by atoms with Gasteiger partial charge >= 0.3 is 12.1 Å². The fourth-order valence-corrected chi connectivity index (χ4v) is 3.14. The van der Waals surface area contributed by atoms with Gasteiger partial charge in [-0.25, -0.2) is 4.79 Å². The number of halogens is 3. The first kappa shape index (κ1) is 29.9. The Labute approximate surface area is 173 Å². The molecule has 0 spiro atoms. The SMILES string of the molecule is CCCCCCCC[N+](C)(CCCCCCCC)CC(=O)O.O=C([O-])C(F)(F)F. The molecule has 0 aromatic rings. The number of carbonyl (C=O) groups is 2. The quantitative estimate of drug-likeness (QED) is 0.290. The standard InChI is InChI=1S/C19H39NO2.C2HF3O2/c1-4-6-8-10-12-14-16-20(3,18-19(21)22)17-15-13-11-9-7-5-2;3-2(4,5)1(6)7/h4-18H2,1-3H3;(H,6,7). The zero-order valence-electron chi connectivity index (χ0n) is 18.4. The van der Waals surface area contributed by atoms with Crippen LogP contribution in [0.4, 0.5) is 13.2 Å². The molecule has 8 heteroatoms. The van der Waals surface area contributed by atoms with Crippen molar-refractivity contribution in [3.8, 4) is 0 Å². The number of carbonyl (C=O) groups excluding carboxylic acids is 1. The van der Waals surface area contributed by atoms with Gasteiger partial charge in [0.15, 0.2) is 6.54 Å². The normalized spacial score (nSPS) is 11.7. The molecule has 0 bridgehead atoms. The molecule has 5 nitrogen and oxygen atoms in total. The number of hydrogen-bond acceptors (Lipinski definition) is 3. The van der Waals surface area contributed by atoms with E-state index in [2.05, 4.69) is 20.9 Å². The first-order valence-electron chi connectivity index (χ1n) is 10.8. The van der Waals surface area contributed by atoms with E-state index in [1.54, 1.807) is 0 Å². The largest absolute Gasteiger partial charge is 0.542 e. The van der Waals surface area contributed by atoms with Gasteiger partial charge in [-0.3, -0.25) is 0 Å². The maximum Gasteiger partial charge on any atom is 0.430 e. The number of carboxylic acid groups (broad SMARTS) is 2. The molecular formula is C21H40F3NO4. The fourth-order valence-electron chi connectivity index (χ4n) is 3.14. The van der Waals surface area contributed by atoms with Gasteiger partial charge in [-0.05, 0) is 25.7 Å². The summed E-state index contributed by atoms with van der Waals surface area (Å²) in [6.07, 6.45) is 10.2. The molecule has 29 heavy (non-hydrogen) atoms. The maximum absolute atomic E-state index is 11.1. The Bertz CT molecular complexity index is 413. The Kier molecular flexibility index (Phi) is 18.1. The van der Waals surface area contributed by atoms with Gasteiger partial charge in [-0.15, -0.1) is 0 Å². The van der Waals surface area contributed by atoms with E-state index in [0.29, 0.717) is 0 Å². The van der Waals surface area contributed by atoms with Crippen molar-refractivity contribution in [2.24, 2.45) is 0 Å². The second-order valence-electron chi connectivity index (χ2n) is 7.94. The van der Waals surface area contributed by atoms with Crippen molar-refractivity contribution in [1.82, 2.24) is 0 Å². The molecule has 174 valence electrons. The summed E-state index contributed by atoms with van der Waals surface area (Å²) in [5.74, 6) is -3.66. The van der Waals surface area contributed by atoms with E-state index in [4.69, 9.17) is 9.90 Å². The summed E-state index contributed by atoms with van der Waals surface area (Å²) in [5.41, 5.74) is 0. The van der Waals surface area contributed by atoms with Crippen LogP contribution in [0.5, 0.6) is 0 Å². The van der Waals surface area contributed by atoms with Crippen LogP contribution in [0.1, 0.15) is 90.9 Å². The number of unbranched alkanes of at least 4 members (excludes halogenated alkanes) is 10. The molecule has 0 aliphatic heterocycles. The number of nitrogens with zero attached hydrogens (tertiary/aromatic N) is 1. The predicted molar refractivity (Wildman–Crippen MR) is 106 cm³/mol. The monoisotopic (exact) mass is 427 g/mol. The molecule has 0 fully saturated rings. The molecule has 0 heterocycles. The van der Waals surface area contributed by atoms with Crippen LogP contribution in [0.3, 0.4) is 0 Å². The Morgan fingerprint density at radius 2 is 1.10 bits per heavy atom. The minimum atomic E-state index is -5.19. The number of carboxylic acids is 2. The van der Waals surface area contributed by atoms with Gasteiger partial charge in [0.1, 0.15) is 5.97 Å². The molecular weight excluding hydrogens is 387 g/mol. The van der Waals surface area contributed by atoms with Crippen molar-refractivity contribution in [3.05, 3.63) is 0 Å². The van der Waals surface area contributed by atoms with Gasteiger partial charge in [-0.2, -0.15) is 13.2 Å². The summed E-state index contributed by atoms with van der Waals surface area (Å²) < 4.78 is 32.3. The summed E-state index contributed by atoms with van der Waals surface area (Å²) in [4.78, 5) is 19.9. The zero-order valence-corrected chi connectivity index (χ0v) is 18.4. The van der Waals surface area contributed by atoms with E-state index in [9.17, 15) is 23.1 Å². The second kappa shape index (κ2) is 17.5. The molecule has 0 aromatic heterocycles. The minimum absolute atomic E-state index is 0.282. The average Bonchev–Trinajstić information content (AvgIpc) is 2.60. The summed E-state index contributed by atoms with van der Waals surface area (Å²) in [5, 5.41) is 18.0. The van der Waals surface area contributed by atoms with Crippen molar-refractivity contribution in [2.75, 3.05) is 26.7 Å². The molecule has 0 saturated heterocycles. The molecule has 0 radical (unpaired) electrons. The molecule has 1 N–H and O–H groups in total. The smallest absolute Gasteiger partial charge is 0.430 e. The Balaban J connectivity index is 0. The molecule has 0 amide bonds. The van der Waals surface area contributed by atoms with E-state index in [-0.39, 0.29) is 6.54 Å². The van der Waals surface area contributed by atoms with Gasteiger partial charge in [0.2, 0.25) is 0 Å². The van der Waals surface area contributed by atoms with Gasteiger partial charge in [0, 0.05) is 0 Å². The molecule has 0 aliphatic rings. The number of alkyl halides is 3. The summed E-state index contributed by atoms with van der Waals surface area (Å²) in [6.45, 7) is 6.80. The lowest BCUT2D eigenvalue weighted by molar-refractivity contribution is -0.903. The lowest BCUT2D eigenvalue weighted by Gasteiger charge is -2.33. The van der Waals surface area contributed by atoms with Gasteiger partial charge in [0.05, 0.1) is 20.1 Å². The van der Waals surface area contributed by atoms with Crippen molar-refractivity contribution < 1.29 is 37.5 Å². The Hall–Kier alpha value is -1.31. The predicted octanol–water partition coefficient (Wildman–Crippen LogP) is 4.54. The third-order valence-corrected chi connectivity index (χ3v) is 4.85. The van der Waals surface area contributed by atoms with Crippen LogP contribution in [0.2, 0.25) is 0 Å². The molecule has 0 aliphatic carbocycles. The third-order valence-electron chi connectivity index (χ3n) is 4.85. The first-order chi connectivity index (χ1) is 13.5. The van der Waals surface area contributed by atoms with Crippen LogP contribution in [0.25, 0.3) is 0 Å². The van der Waals surface area contributed by atoms with E-state index < -0.39 is 18.1 Å². The average molecular weight is 428 g/mol. The minimum Gasteiger partial charge on any atom is -0.542 e. The van der Waals surface area contributed by atoms with Gasteiger partial charge in [-0.1, -0.05) is 65.2 Å². The van der Waals surface area contributed by atoms with Crippen molar-refractivity contribution in [2.45, 2.75) is 97.1 Å². The molecule has 0 saturated carbocycles. The fraction of sp³-hybridized carbons (Fsp3) is 0.905. The van der Waals surface area contributed by atoms with Crippen LogP contribution < -0.4 is 5.11 Å². The molecule has 0 aromatic carbocycles. The maximum atomic E-state index is 11.1. The lowest BCUT2D eigenvalue weighted by atomic mass is 10.1. The Morgan fingerprint density at radius 1 is 0.793 bits per heavy atom. The van der Waals surface area contributed by atoms with E-state index in [1.165, 1.54) is 77.0 Å². The zero-order chi connectivity index (χ0) is 22.8. The number of rotatable bonds is 16. The number of quaternary nitrogens is 1. The second-order valence-corrected chi connectivity index (χ2v) is 7.94. The lowest BCUT2D eigenvalue weighted by Crippen LogP contribution is -2.49. The molecule has 0 unspecified atom stereocenters. The highest BCUT2D eigenvalue weighted by Crippen LogP contribution is 2.14. The van der Waals surface area contributed by atoms with Gasteiger partial charge < -0.3 is 19.5 Å². The van der Waals surface area contributed by atoms with E-state index >= 15 is 0 Å². The number of likely N-dealkylation sites (N-methyl/N-ethyl adjacent to an activating group) is 1. The van der Waals surface area contributed by atoms with Crippen LogP contribution in [0, 0.1) is 0 Å². The highest BCUT2D eigenvalue weighted by atomic mass is 19.4. The first-order valence-corrected chi connectivity index (χ1v) is 10.8. The van der Waals surface area contributed by atoms with Crippen LogP contribution >= 0.6 is 0 Å². The van der Waals surface area contributed by atoms with E-state index in [0.717, 1.165) is 17.6 Å². The van der Waals surface area contributed by atoms with Crippen molar-refractivity contribution in [1.29, 1.82) is 0 Å². The number of aliphatic carboxylic acids is 2. The van der Waals surface area contributed by atoms with E-state index in [1.807, 2.05) is 0 Å². The summed E-state index contributed by atoms with van der Waals surface area (Å²) >= 11 is 0. The summed E-state index contributed by atoms with van der Waals surface area (Å²) in [7, 11) is 2.13. The topological polar surface area (TPSA) is 77.4 Å². The van der Waals surface area contributed by atoms with Gasteiger partial charge in [0.25, 0.3) is 0 Å². The highest BCUT2D eigenvalue weighted by Gasteiger charge is 2.28. The van der Waals surface area contributed by atoms with Crippen LogP contribution in [-0.4, -0.2) is 54.4 Å². The summed E-state index contributed by atoms with van der Waals surface area (Å²) in [6, 6.07) is 0. The molecule has 0 atom stereocenters. The van der Waals surface area contributed by atoms with Crippen LogP contribution in [-0.2, 0) is 9.59 Å². The highest BCUT2D eigenvalue weighted by molar-refractivity contribution is 5.70. The van der Waals surface area contributed by atoms with Crippen molar-refractivity contribution in [3.63, 3.8) is 0 Å². The molecule has 0 rings (SSSR count). The third kappa shape index (κ3) is 21.2. The van der Waals surface area contributed by atoms with Crippen molar-refractivity contribution >= 4 is 11.9 Å². The van der Waals surface area contributed by atoms with Crippen LogP contribution in [0.15, 0.2) is 0 Å².